The molecule has 3 heteroatoms. The van der Waals surface area contributed by atoms with Crippen LogP contribution in [0, 0.1) is 11.3 Å². The molecule has 0 spiro atoms. The highest BCUT2D eigenvalue weighted by Gasteiger charge is 2.02. The highest BCUT2D eigenvalue weighted by atomic mass is 32.2. The van der Waals surface area contributed by atoms with Gasteiger partial charge in [-0.15, -0.1) is 0 Å². The molecule has 0 atom stereocenters. The van der Waals surface area contributed by atoms with Crippen LogP contribution in [0.3, 0.4) is 0 Å². The van der Waals surface area contributed by atoms with Crippen molar-refractivity contribution < 1.29 is 4.74 Å². The Labute approximate surface area is 82.5 Å². The first-order chi connectivity index (χ1) is 6.31. The number of hydrogen-bond donors (Lipinski definition) is 0. The van der Waals surface area contributed by atoms with Crippen LogP contribution in [-0.2, 0) is 5.75 Å². The third-order valence-electron chi connectivity index (χ3n) is 1.70. The molecule has 0 radical (unpaired) electrons. The summed E-state index contributed by atoms with van der Waals surface area (Å²) in [4.78, 5) is 0. The van der Waals surface area contributed by atoms with Crippen LogP contribution >= 0.6 is 11.8 Å². The van der Waals surface area contributed by atoms with Crippen LogP contribution in [0.2, 0.25) is 0 Å². The van der Waals surface area contributed by atoms with Crippen LogP contribution in [0.15, 0.2) is 18.2 Å². The highest BCUT2D eigenvalue weighted by Crippen LogP contribution is 2.21. The average Bonchev–Trinajstić information content (AvgIpc) is 2.18. The lowest BCUT2D eigenvalue weighted by atomic mass is 10.1. The van der Waals surface area contributed by atoms with Gasteiger partial charge in [0, 0.05) is 5.75 Å². The van der Waals surface area contributed by atoms with E-state index in [1.807, 2.05) is 18.4 Å². The highest BCUT2D eigenvalue weighted by molar-refractivity contribution is 7.97. The molecule has 1 aromatic rings. The number of hydrogen-bond acceptors (Lipinski definition) is 3. The predicted octanol–water partition coefficient (Wildman–Crippen LogP) is 2.43. The van der Waals surface area contributed by atoms with Gasteiger partial charge in [0.25, 0.3) is 0 Å². The van der Waals surface area contributed by atoms with E-state index in [0.717, 1.165) is 5.75 Å². The summed E-state index contributed by atoms with van der Waals surface area (Å²) in [5, 5.41) is 8.74. The Hall–Kier alpha value is -1.14. The van der Waals surface area contributed by atoms with Gasteiger partial charge in [-0.05, 0) is 24.0 Å². The molecule has 13 heavy (non-hydrogen) atoms. The third-order valence-corrected chi connectivity index (χ3v) is 2.32. The Morgan fingerprint density at radius 2 is 2.31 bits per heavy atom. The van der Waals surface area contributed by atoms with Crippen LogP contribution in [0.5, 0.6) is 5.75 Å². The molecule has 1 aromatic carbocycles. The topological polar surface area (TPSA) is 33.0 Å². The molecule has 0 aliphatic carbocycles. The van der Waals surface area contributed by atoms with Gasteiger partial charge in [-0.25, -0.2) is 0 Å². The molecule has 0 heterocycles. The van der Waals surface area contributed by atoms with Gasteiger partial charge < -0.3 is 4.74 Å². The van der Waals surface area contributed by atoms with E-state index in [9.17, 15) is 0 Å². The quantitative estimate of drug-likeness (QED) is 0.739. The second-order valence-electron chi connectivity index (χ2n) is 2.58. The molecule has 0 saturated carbocycles. The minimum Gasteiger partial charge on any atom is -0.495 e. The maximum atomic E-state index is 8.74. The van der Waals surface area contributed by atoms with E-state index in [1.165, 1.54) is 5.56 Å². The summed E-state index contributed by atoms with van der Waals surface area (Å²) < 4.78 is 5.09. The Balaban J connectivity index is 3.00. The van der Waals surface area contributed by atoms with Crippen molar-refractivity contribution in [3.05, 3.63) is 29.3 Å². The van der Waals surface area contributed by atoms with Crippen molar-refractivity contribution in [2.75, 3.05) is 13.4 Å². The fourth-order valence-electron chi connectivity index (χ4n) is 1.08. The summed E-state index contributed by atoms with van der Waals surface area (Å²) >= 11 is 1.75. The van der Waals surface area contributed by atoms with Gasteiger partial charge in [-0.1, -0.05) is 6.07 Å². The van der Waals surface area contributed by atoms with Gasteiger partial charge in [-0.3, -0.25) is 0 Å². The van der Waals surface area contributed by atoms with Crippen LogP contribution in [0.25, 0.3) is 0 Å². The van der Waals surface area contributed by atoms with E-state index in [0.29, 0.717) is 11.3 Å². The molecule has 0 fully saturated rings. The zero-order chi connectivity index (χ0) is 9.68. The van der Waals surface area contributed by atoms with E-state index < -0.39 is 0 Å². The summed E-state index contributed by atoms with van der Waals surface area (Å²) in [6.45, 7) is 0. The van der Waals surface area contributed by atoms with Crippen molar-refractivity contribution in [1.29, 1.82) is 5.26 Å². The van der Waals surface area contributed by atoms with E-state index in [2.05, 4.69) is 6.07 Å². The van der Waals surface area contributed by atoms with Crippen LogP contribution in [0.4, 0.5) is 0 Å². The van der Waals surface area contributed by atoms with E-state index in [-0.39, 0.29) is 0 Å². The number of ether oxygens (including phenoxy) is 1. The zero-order valence-electron chi connectivity index (χ0n) is 7.70. The Kier molecular flexibility index (Phi) is 3.66. The minimum atomic E-state index is 0.590. The lowest BCUT2D eigenvalue weighted by Crippen LogP contribution is -1.89. The van der Waals surface area contributed by atoms with E-state index in [4.69, 9.17) is 10.00 Å². The summed E-state index contributed by atoms with van der Waals surface area (Å²) in [7, 11) is 1.58. The molecule has 0 saturated heterocycles. The Morgan fingerprint density at radius 3 is 2.85 bits per heavy atom. The largest absolute Gasteiger partial charge is 0.495 e. The first-order valence-corrected chi connectivity index (χ1v) is 5.27. The molecule has 0 aliphatic rings. The van der Waals surface area contributed by atoms with Crippen molar-refractivity contribution in [1.82, 2.24) is 0 Å². The van der Waals surface area contributed by atoms with Crippen molar-refractivity contribution in [3.63, 3.8) is 0 Å². The second-order valence-corrected chi connectivity index (χ2v) is 3.45. The SMILES string of the molecule is COc1cc(CSC)ccc1C#N. The normalized spacial score (nSPS) is 9.31. The van der Waals surface area contributed by atoms with E-state index in [1.54, 1.807) is 24.9 Å². The molecule has 0 N–H and O–H groups in total. The Bertz CT molecular complexity index is 330. The smallest absolute Gasteiger partial charge is 0.136 e. The van der Waals surface area contributed by atoms with Crippen LogP contribution < -0.4 is 4.74 Å². The average molecular weight is 193 g/mol. The summed E-state index contributed by atoms with van der Waals surface area (Å²) in [6, 6.07) is 7.75. The third kappa shape index (κ3) is 2.40. The number of nitrogens with zero attached hydrogens (tertiary/aromatic N) is 1. The van der Waals surface area contributed by atoms with Crippen LogP contribution in [-0.4, -0.2) is 13.4 Å². The molecule has 0 bridgehead atoms. The van der Waals surface area contributed by atoms with Crippen molar-refractivity contribution in [2.24, 2.45) is 0 Å². The molecule has 2 nitrogen and oxygen atoms in total. The summed E-state index contributed by atoms with van der Waals surface area (Å²) in [6.07, 6.45) is 2.05. The molecular weight excluding hydrogens is 182 g/mol. The molecule has 0 aromatic heterocycles. The van der Waals surface area contributed by atoms with E-state index >= 15 is 0 Å². The van der Waals surface area contributed by atoms with Crippen LogP contribution in [0.1, 0.15) is 11.1 Å². The zero-order valence-corrected chi connectivity index (χ0v) is 8.52. The molecule has 0 unspecified atom stereocenters. The first-order valence-electron chi connectivity index (χ1n) is 3.87. The summed E-state index contributed by atoms with van der Waals surface area (Å²) in [5.74, 6) is 1.61. The van der Waals surface area contributed by atoms with Crippen molar-refractivity contribution >= 4 is 11.8 Å². The molecule has 68 valence electrons. The summed E-state index contributed by atoms with van der Waals surface area (Å²) in [5.41, 5.74) is 1.77. The fraction of sp³-hybridized carbons (Fsp3) is 0.300. The lowest BCUT2D eigenvalue weighted by molar-refractivity contribution is 0.413. The molecule has 1 rings (SSSR count). The predicted molar refractivity (Wildman–Crippen MR) is 54.9 cm³/mol. The van der Waals surface area contributed by atoms with Crippen molar-refractivity contribution in [2.45, 2.75) is 5.75 Å². The number of rotatable bonds is 3. The van der Waals surface area contributed by atoms with Gasteiger partial charge in [0.05, 0.1) is 12.7 Å². The molecular formula is C10H11NOS. The fourth-order valence-corrected chi connectivity index (χ4v) is 1.60. The van der Waals surface area contributed by atoms with Gasteiger partial charge in [0.2, 0.25) is 0 Å². The standard InChI is InChI=1S/C10H11NOS/c1-12-10-5-8(7-13-2)3-4-9(10)6-11/h3-5H,7H2,1-2H3. The second kappa shape index (κ2) is 4.78. The van der Waals surface area contributed by atoms with Crippen molar-refractivity contribution in [3.8, 4) is 11.8 Å². The number of methoxy groups -OCH3 is 1. The van der Waals surface area contributed by atoms with Gasteiger partial charge in [0.15, 0.2) is 0 Å². The maximum Gasteiger partial charge on any atom is 0.136 e. The minimum absolute atomic E-state index is 0.590. The van der Waals surface area contributed by atoms with Gasteiger partial charge >= 0.3 is 0 Å². The number of benzene rings is 1. The van der Waals surface area contributed by atoms with Gasteiger partial charge in [0.1, 0.15) is 11.8 Å². The lowest BCUT2D eigenvalue weighted by Gasteiger charge is -2.04. The number of nitriles is 1. The monoisotopic (exact) mass is 193 g/mol. The molecule has 0 aliphatic heterocycles. The Morgan fingerprint density at radius 1 is 1.54 bits per heavy atom. The van der Waals surface area contributed by atoms with Gasteiger partial charge in [-0.2, -0.15) is 17.0 Å². The molecule has 0 amide bonds. The first kappa shape index (κ1) is 9.94. The maximum absolute atomic E-state index is 8.74. The number of thioether (sulfide) groups is 1.